The van der Waals surface area contributed by atoms with E-state index in [2.05, 4.69) is 4.98 Å². The maximum atomic E-state index is 13.1. The second-order valence-electron chi connectivity index (χ2n) is 6.15. The SMILES string of the molecule is O=C(c1ccc(Cl)cc1)c1nc2n(c1C(=O)c1ccc(Cl)cc1)CCC2. The van der Waals surface area contributed by atoms with Crippen molar-refractivity contribution >= 4 is 34.8 Å². The van der Waals surface area contributed by atoms with E-state index in [0.717, 1.165) is 18.7 Å². The minimum atomic E-state index is -0.277. The minimum absolute atomic E-state index is 0.196. The predicted octanol–water partition coefficient (Wildman–Crippen LogP) is 4.60. The molecule has 2 heterocycles. The quantitative estimate of drug-likeness (QED) is 0.617. The van der Waals surface area contributed by atoms with Gasteiger partial charge in [-0.05, 0) is 55.0 Å². The molecular formula is C20H14Cl2N2O2. The Bertz CT molecular complexity index is 1010. The van der Waals surface area contributed by atoms with Crippen LogP contribution in [0.15, 0.2) is 48.5 Å². The van der Waals surface area contributed by atoms with E-state index in [9.17, 15) is 9.59 Å². The lowest BCUT2D eigenvalue weighted by molar-refractivity contribution is 0.0995. The molecule has 6 heteroatoms. The first-order chi connectivity index (χ1) is 12.5. The summed E-state index contributed by atoms with van der Waals surface area (Å²) in [5, 5.41) is 1.10. The molecule has 0 unspecified atom stereocenters. The second kappa shape index (κ2) is 6.71. The standard InChI is InChI=1S/C20H14Cl2N2O2/c21-14-7-3-12(4-8-14)19(25)17-18(24-11-1-2-16(24)23-17)20(26)13-5-9-15(22)10-6-13/h3-10H,1-2,11H2. The van der Waals surface area contributed by atoms with Crippen LogP contribution in [0.4, 0.5) is 0 Å². The van der Waals surface area contributed by atoms with Gasteiger partial charge in [0.1, 0.15) is 17.2 Å². The number of rotatable bonds is 4. The fourth-order valence-electron chi connectivity index (χ4n) is 3.19. The van der Waals surface area contributed by atoms with Crippen molar-refractivity contribution in [2.45, 2.75) is 19.4 Å². The number of halogens is 2. The highest BCUT2D eigenvalue weighted by Gasteiger charge is 2.30. The molecule has 0 spiro atoms. The van der Waals surface area contributed by atoms with Crippen LogP contribution in [0.2, 0.25) is 10.0 Å². The molecule has 0 bridgehead atoms. The lowest BCUT2D eigenvalue weighted by atomic mass is 10.0. The van der Waals surface area contributed by atoms with Gasteiger partial charge in [-0.1, -0.05) is 23.2 Å². The van der Waals surface area contributed by atoms with Crippen LogP contribution in [0, 0.1) is 0 Å². The first-order valence-electron chi connectivity index (χ1n) is 8.24. The molecule has 1 aromatic heterocycles. The first kappa shape index (κ1) is 17.0. The minimum Gasteiger partial charge on any atom is -0.325 e. The number of carbonyl (C=O) groups is 2. The Morgan fingerprint density at radius 1 is 0.846 bits per heavy atom. The number of ketones is 2. The van der Waals surface area contributed by atoms with E-state index >= 15 is 0 Å². The number of nitrogens with zero attached hydrogens (tertiary/aromatic N) is 2. The van der Waals surface area contributed by atoms with E-state index in [-0.39, 0.29) is 17.3 Å². The smallest absolute Gasteiger partial charge is 0.213 e. The van der Waals surface area contributed by atoms with E-state index < -0.39 is 0 Å². The van der Waals surface area contributed by atoms with E-state index in [4.69, 9.17) is 23.2 Å². The van der Waals surface area contributed by atoms with Gasteiger partial charge in [0, 0.05) is 34.1 Å². The predicted molar refractivity (Wildman–Crippen MR) is 100 cm³/mol. The first-order valence-corrected chi connectivity index (χ1v) is 9.00. The second-order valence-corrected chi connectivity index (χ2v) is 7.03. The molecule has 0 atom stereocenters. The number of imidazole rings is 1. The number of aryl methyl sites for hydroxylation is 1. The van der Waals surface area contributed by atoms with Gasteiger partial charge in [0.15, 0.2) is 0 Å². The molecule has 1 aliphatic rings. The number of benzene rings is 2. The summed E-state index contributed by atoms with van der Waals surface area (Å²) in [7, 11) is 0. The molecule has 2 aromatic carbocycles. The summed E-state index contributed by atoms with van der Waals surface area (Å²) in [5.41, 5.74) is 1.48. The Balaban J connectivity index is 1.81. The molecule has 1 aliphatic heterocycles. The Labute approximate surface area is 160 Å². The van der Waals surface area contributed by atoms with Crippen LogP contribution in [0.3, 0.4) is 0 Å². The molecule has 4 nitrogen and oxygen atoms in total. The van der Waals surface area contributed by atoms with Crippen molar-refractivity contribution in [3.8, 4) is 0 Å². The molecule has 0 saturated carbocycles. The number of hydrogen-bond acceptors (Lipinski definition) is 3. The van der Waals surface area contributed by atoms with Gasteiger partial charge in [0.25, 0.3) is 0 Å². The lowest BCUT2D eigenvalue weighted by Gasteiger charge is -2.07. The third-order valence-electron chi connectivity index (χ3n) is 4.47. The van der Waals surface area contributed by atoms with Gasteiger partial charge in [-0.25, -0.2) is 4.98 Å². The van der Waals surface area contributed by atoms with Crippen LogP contribution in [0.5, 0.6) is 0 Å². The zero-order valence-corrected chi connectivity index (χ0v) is 15.2. The maximum Gasteiger partial charge on any atom is 0.213 e. The Morgan fingerprint density at radius 2 is 1.38 bits per heavy atom. The average Bonchev–Trinajstić information content (AvgIpc) is 3.23. The van der Waals surface area contributed by atoms with Gasteiger partial charge in [-0.3, -0.25) is 9.59 Å². The van der Waals surface area contributed by atoms with Crippen molar-refractivity contribution in [2.24, 2.45) is 0 Å². The van der Waals surface area contributed by atoms with Gasteiger partial charge >= 0.3 is 0 Å². The van der Waals surface area contributed by atoms with Crippen LogP contribution in [-0.2, 0) is 13.0 Å². The number of aromatic nitrogens is 2. The third-order valence-corrected chi connectivity index (χ3v) is 4.98. The molecule has 0 radical (unpaired) electrons. The van der Waals surface area contributed by atoms with E-state index in [1.807, 2.05) is 4.57 Å². The Kier molecular flexibility index (Phi) is 4.39. The van der Waals surface area contributed by atoms with E-state index in [1.54, 1.807) is 48.5 Å². The number of fused-ring (bicyclic) bond motifs is 1. The maximum absolute atomic E-state index is 13.1. The molecule has 0 fully saturated rings. The number of carbonyl (C=O) groups excluding carboxylic acids is 2. The summed E-state index contributed by atoms with van der Waals surface area (Å²) >= 11 is 11.8. The molecule has 130 valence electrons. The van der Waals surface area contributed by atoms with E-state index in [0.29, 0.717) is 33.4 Å². The third kappa shape index (κ3) is 2.96. The number of hydrogen-bond donors (Lipinski definition) is 0. The van der Waals surface area contributed by atoms with Crippen LogP contribution < -0.4 is 0 Å². The molecule has 0 aliphatic carbocycles. The fourth-order valence-corrected chi connectivity index (χ4v) is 3.44. The largest absolute Gasteiger partial charge is 0.325 e. The summed E-state index contributed by atoms with van der Waals surface area (Å²) < 4.78 is 1.86. The zero-order valence-electron chi connectivity index (χ0n) is 13.7. The van der Waals surface area contributed by atoms with Crippen LogP contribution in [0.1, 0.15) is 44.3 Å². The summed E-state index contributed by atoms with van der Waals surface area (Å²) in [6.07, 6.45) is 1.67. The van der Waals surface area contributed by atoms with Gasteiger partial charge in [0.05, 0.1) is 0 Å². The summed E-state index contributed by atoms with van der Waals surface area (Å²) in [5.74, 6) is 0.278. The Hall–Kier alpha value is -2.43. The zero-order chi connectivity index (χ0) is 18.3. The van der Waals surface area contributed by atoms with Crippen LogP contribution >= 0.6 is 23.2 Å². The van der Waals surface area contributed by atoms with E-state index in [1.165, 1.54) is 0 Å². The van der Waals surface area contributed by atoms with Crippen LogP contribution in [0.25, 0.3) is 0 Å². The van der Waals surface area contributed by atoms with Crippen molar-refractivity contribution in [2.75, 3.05) is 0 Å². The van der Waals surface area contributed by atoms with Gasteiger partial charge in [-0.2, -0.15) is 0 Å². The highest BCUT2D eigenvalue weighted by Crippen LogP contribution is 2.25. The summed E-state index contributed by atoms with van der Waals surface area (Å²) in [4.78, 5) is 30.6. The molecule has 26 heavy (non-hydrogen) atoms. The molecule has 4 rings (SSSR count). The molecule has 3 aromatic rings. The van der Waals surface area contributed by atoms with Crippen molar-refractivity contribution in [3.63, 3.8) is 0 Å². The average molecular weight is 385 g/mol. The van der Waals surface area contributed by atoms with Crippen molar-refractivity contribution < 1.29 is 9.59 Å². The molecule has 0 N–H and O–H groups in total. The highest BCUT2D eigenvalue weighted by molar-refractivity contribution is 6.31. The normalized spacial score (nSPS) is 12.8. The van der Waals surface area contributed by atoms with Crippen molar-refractivity contribution in [3.05, 3.63) is 86.9 Å². The van der Waals surface area contributed by atoms with Crippen LogP contribution in [-0.4, -0.2) is 21.1 Å². The molecule has 0 saturated heterocycles. The van der Waals surface area contributed by atoms with Crippen molar-refractivity contribution in [1.29, 1.82) is 0 Å². The monoisotopic (exact) mass is 384 g/mol. The lowest BCUT2D eigenvalue weighted by Crippen LogP contribution is -2.15. The summed E-state index contributed by atoms with van der Waals surface area (Å²) in [6, 6.07) is 13.2. The van der Waals surface area contributed by atoms with Gasteiger partial charge < -0.3 is 4.57 Å². The Morgan fingerprint density at radius 3 is 1.96 bits per heavy atom. The molecular weight excluding hydrogens is 371 g/mol. The topological polar surface area (TPSA) is 52.0 Å². The fraction of sp³-hybridized carbons (Fsp3) is 0.150. The molecule has 0 amide bonds. The highest BCUT2D eigenvalue weighted by atomic mass is 35.5. The van der Waals surface area contributed by atoms with Gasteiger partial charge in [-0.15, -0.1) is 0 Å². The van der Waals surface area contributed by atoms with Gasteiger partial charge in [0.2, 0.25) is 11.6 Å². The van der Waals surface area contributed by atoms with Crippen molar-refractivity contribution in [1.82, 2.24) is 9.55 Å². The summed E-state index contributed by atoms with van der Waals surface area (Å²) in [6.45, 7) is 0.685.